The first-order chi connectivity index (χ1) is 7.35. The molecule has 0 saturated carbocycles. The summed E-state index contributed by atoms with van der Waals surface area (Å²) in [4.78, 5) is 10.9. The van der Waals surface area contributed by atoms with E-state index in [0.717, 1.165) is 18.3 Å². The van der Waals surface area contributed by atoms with Gasteiger partial charge in [-0.25, -0.2) is 0 Å². The van der Waals surface area contributed by atoms with Gasteiger partial charge in [-0.05, 0) is 22.8 Å². The Bertz CT molecular complexity index is 473. The molecule has 0 bridgehead atoms. The fraction of sp³-hybridized carbons (Fsp3) is 0.214. The number of aldehydes is 1. The van der Waals surface area contributed by atoms with E-state index in [1.54, 1.807) is 0 Å². The van der Waals surface area contributed by atoms with E-state index in [9.17, 15) is 4.79 Å². The monoisotopic (exact) mass is 198 g/mol. The molecule has 0 spiro atoms. The van der Waals surface area contributed by atoms with E-state index in [2.05, 4.69) is 24.3 Å². The van der Waals surface area contributed by atoms with Crippen LogP contribution in [0.3, 0.4) is 0 Å². The molecule has 76 valence electrons. The van der Waals surface area contributed by atoms with Crippen LogP contribution in [0.1, 0.15) is 24.8 Å². The summed E-state index contributed by atoms with van der Waals surface area (Å²) >= 11 is 0. The Kier molecular flexibility index (Phi) is 2.82. The predicted molar refractivity (Wildman–Crippen MR) is 63.0 cm³/mol. The average molecular weight is 198 g/mol. The Balaban J connectivity index is 2.50. The van der Waals surface area contributed by atoms with Crippen LogP contribution in [0.5, 0.6) is 0 Å². The van der Waals surface area contributed by atoms with Crippen LogP contribution in [-0.2, 0) is 4.79 Å². The third-order valence-corrected chi connectivity index (χ3v) is 2.81. The van der Waals surface area contributed by atoms with Gasteiger partial charge in [0.05, 0.1) is 0 Å². The summed E-state index contributed by atoms with van der Waals surface area (Å²) in [7, 11) is 0. The van der Waals surface area contributed by atoms with Gasteiger partial charge in [0.2, 0.25) is 0 Å². The van der Waals surface area contributed by atoms with Crippen LogP contribution in [0.15, 0.2) is 42.5 Å². The Labute approximate surface area is 89.7 Å². The summed E-state index contributed by atoms with van der Waals surface area (Å²) in [6, 6.07) is 14.4. The lowest BCUT2D eigenvalue weighted by molar-refractivity contribution is -0.109. The molecule has 0 N–H and O–H groups in total. The van der Waals surface area contributed by atoms with Gasteiger partial charge >= 0.3 is 0 Å². The summed E-state index contributed by atoms with van der Waals surface area (Å²) in [6.07, 6.45) is 1.89. The molecule has 2 aromatic rings. The lowest BCUT2D eigenvalue weighted by Gasteiger charge is -2.08. The van der Waals surface area contributed by atoms with Crippen molar-refractivity contribution in [1.29, 1.82) is 0 Å². The zero-order chi connectivity index (χ0) is 10.7. The third kappa shape index (κ3) is 1.91. The molecule has 0 aliphatic heterocycles. The van der Waals surface area contributed by atoms with Crippen molar-refractivity contribution in [3.8, 4) is 0 Å². The molecule has 2 aromatic carbocycles. The zero-order valence-electron chi connectivity index (χ0n) is 8.81. The predicted octanol–water partition coefficient (Wildman–Crippen LogP) is 3.53. The van der Waals surface area contributed by atoms with Crippen molar-refractivity contribution in [3.63, 3.8) is 0 Å². The van der Waals surface area contributed by atoms with Crippen molar-refractivity contribution in [2.24, 2.45) is 0 Å². The maximum Gasteiger partial charge on any atom is 0.127 e. The standard InChI is InChI=1S/C14H14O/c1-2-11(10-15)14-8-7-12-5-3-4-6-13(12)9-14/h3-11H,2H2,1H3. The van der Waals surface area contributed by atoms with Gasteiger partial charge in [0.1, 0.15) is 6.29 Å². The highest BCUT2D eigenvalue weighted by Gasteiger charge is 2.07. The molecule has 0 radical (unpaired) electrons. The first-order valence-corrected chi connectivity index (χ1v) is 5.29. The molecule has 0 saturated heterocycles. The average Bonchev–Trinajstić information content (AvgIpc) is 2.30. The van der Waals surface area contributed by atoms with Gasteiger partial charge in [0.15, 0.2) is 0 Å². The maximum absolute atomic E-state index is 10.9. The van der Waals surface area contributed by atoms with Crippen LogP contribution < -0.4 is 0 Å². The van der Waals surface area contributed by atoms with Crippen LogP contribution in [-0.4, -0.2) is 6.29 Å². The molecule has 0 aliphatic carbocycles. The topological polar surface area (TPSA) is 17.1 Å². The lowest BCUT2D eigenvalue weighted by atomic mass is 9.95. The van der Waals surface area contributed by atoms with E-state index in [1.165, 1.54) is 10.8 Å². The van der Waals surface area contributed by atoms with E-state index in [4.69, 9.17) is 0 Å². The van der Waals surface area contributed by atoms with Crippen LogP contribution in [0.2, 0.25) is 0 Å². The van der Waals surface area contributed by atoms with Crippen molar-refractivity contribution in [3.05, 3.63) is 48.0 Å². The van der Waals surface area contributed by atoms with Crippen molar-refractivity contribution >= 4 is 17.1 Å². The van der Waals surface area contributed by atoms with E-state index in [0.29, 0.717) is 0 Å². The van der Waals surface area contributed by atoms with Gasteiger partial charge in [-0.3, -0.25) is 0 Å². The summed E-state index contributed by atoms with van der Waals surface area (Å²) < 4.78 is 0. The fourth-order valence-electron chi connectivity index (χ4n) is 1.85. The van der Waals surface area contributed by atoms with E-state index >= 15 is 0 Å². The molecule has 0 amide bonds. The molecule has 1 atom stereocenters. The number of carbonyl (C=O) groups excluding carboxylic acids is 1. The fourth-order valence-corrected chi connectivity index (χ4v) is 1.85. The highest BCUT2D eigenvalue weighted by molar-refractivity contribution is 5.84. The molecular formula is C14H14O. The quantitative estimate of drug-likeness (QED) is 0.689. The first kappa shape index (κ1) is 9.91. The number of hydrogen-bond donors (Lipinski definition) is 0. The zero-order valence-corrected chi connectivity index (χ0v) is 8.81. The van der Waals surface area contributed by atoms with Gasteiger partial charge in [0.25, 0.3) is 0 Å². The second kappa shape index (κ2) is 4.26. The largest absolute Gasteiger partial charge is 0.303 e. The Morgan fingerprint density at radius 1 is 1.13 bits per heavy atom. The van der Waals surface area contributed by atoms with Crippen molar-refractivity contribution < 1.29 is 4.79 Å². The van der Waals surface area contributed by atoms with E-state index in [1.807, 2.05) is 25.1 Å². The normalized spacial score (nSPS) is 12.6. The SMILES string of the molecule is CCC(C=O)c1ccc2ccccc2c1. The number of carbonyl (C=O) groups is 1. The lowest BCUT2D eigenvalue weighted by Crippen LogP contribution is -1.97. The number of rotatable bonds is 3. The molecule has 15 heavy (non-hydrogen) atoms. The third-order valence-electron chi connectivity index (χ3n) is 2.81. The molecule has 2 rings (SSSR count). The minimum atomic E-state index is 0.0367. The van der Waals surface area contributed by atoms with Crippen molar-refractivity contribution in [2.45, 2.75) is 19.3 Å². The van der Waals surface area contributed by atoms with Crippen LogP contribution in [0, 0.1) is 0 Å². The van der Waals surface area contributed by atoms with Crippen LogP contribution in [0.4, 0.5) is 0 Å². The number of fused-ring (bicyclic) bond motifs is 1. The minimum Gasteiger partial charge on any atom is -0.303 e. The Hall–Kier alpha value is -1.63. The maximum atomic E-state index is 10.9. The second-order valence-electron chi connectivity index (χ2n) is 3.76. The van der Waals surface area contributed by atoms with Crippen molar-refractivity contribution in [1.82, 2.24) is 0 Å². The summed E-state index contributed by atoms with van der Waals surface area (Å²) in [5.74, 6) is 0.0367. The molecule has 0 aliphatic rings. The second-order valence-corrected chi connectivity index (χ2v) is 3.76. The van der Waals surface area contributed by atoms with Gasteiger partial charge in [-0.2, -0.15) is 0 Å². The molecule has 1 heteroatoms. The molecule has 1 nitrogen and oxygen atoms in total. The highest BCUT2D eigenvalue weighted by Crippen LogP contribution is 2.22. The summed E-state index contributed by atoms with van der Waals surface area (Å²) in [5, 5.41) is 2.43. The van der Waals surface area contributed by atoms with Crippen LogP contribution in [0.25, 0.3) is 10.8 Å². The smallest absolute Gasteiger partial charge is 0.127 e. The molecule has 0 fully saturated rings. The van der Waals surface area contributed by atoms with Gasteiger partial charge < -0.3 is 4.79 Å². The number of hydrogen-bond acceptors (Lipinski definition) is 1. The molecular weight excluding hydrogens is 184 g/mol. The Morgan fingerprint density at radius 3 is 2.53 bits per heavy atom. The minimum absolute atomic E-state index is 0.0367. The summed E-state index contributed by atoms with van der Waals surface area (Å²) in [6.45, 7) is 2.04. The van der Waals surface area contributed by atoms with E-state index in [-0.39, 0.29) is 5.92 Å². The number of benzene rings is 2. The van der Waals surface area contributed by atoms with Gasteiger partial charge in [-0.1, -0.05) is 49.4 Å². The Morgan fingerprint density at radius 2 is 1.87 bits per heavy atom. The first-order valence-electron chi connectivity index (χ1n) is 5.29. The van der Waals surface area contributed by atoms with Gasteiger partial charge in [-0.15, -0.1) is 0 Å². The molecule has 1 unspecified atom stereocenters. The molecule has 0 heterocycles. The molecule has 0 aromatic heterocycles. The van der Waals surface area contributed by atoms with E-state index < -0.39 is 0 Å². The highest BCUT2D eigenvalue weighted by atomic mass is 16.1. The van der Waals surface area contributed by atoms with Gasteiger partial charge in [0, 0.05) is 5.92 Å². The van der Waals surface area contributed by atoms with Crippen molar-refractivity contribution in [2.75, 3.05) is 0 Å². The van der Waals surface area contributed by atoms with Crippen LogP contribution >= 0.6 is 0 Å². The summed E-state index contributed by atoms with van der Waals surface area (Å²) in [5.41, 5.74) is 1.12.